The van der Waals surface area contributed by atoms with Gasteiger partial charge in [0.05, 0.1) is 13.2 Å². The minimum absolute atomic E-state index is 0.0818. The topological polar surface area (TPSA) is 124 Å². The summed E-state index contributed by atoms with van der Waals surface area (Å²) < 4.78 is 47.6. The molecule has 0 N–H and O–H groups in total. The van der Waals surface area contributed by atoms with Crippen LogP contribution in [0.3, 0.4) is 0 Å². The zero-order chi connectivity index (χ0) is 27.7. The van der Waals surface area contributed by atoms with E-state index in [0.717, 1.165) is 22.9 Å². The summed E-state index contributed by atoms with van der Waals surface area (Å²) in [6.45, 7) is 5.12. The fourth-order valence-electron chi connectivity index (χ4n) is 3.74. The lowest BCUT2D eigenvalue weighted by atomic mass is 10.0. The maximum atomic E-state index is 13.9. The molecule has 0 spiro atoms. The number of benzene rings is 2. The normalized spacial score (nSPS) is 23.3. The van der Waals surface area contributed by atoms with Gasteiger partial charge in [-0.3, -0.25) is 28.0 Å². The number of hydrogen-bond donors (Lipinski definition) is 0. The first kappa shape index (κ1) is 29.9. The van der Waals surface area contributed by atoms with Crippen LogP contribution in [0.5, 0.6) is 0 Å². The van der Waals surface area contributed by atoms with E-state index >= 15 is 0 Å². The van der Waals surface area contributed by atoms with Crippen LogP contribution in [0, 0.1) is 0 Å². The number of phosphoric acid groups is 1. The summed E-state index contributed by atoms with van der Waals surface area (Å²) in [5, 5.41) is -0.503. The van der Waals surface area contributed by atoms with E-state index in [1.54, 1.807) is 31.2 Å². The number of carbonyl (C=O) groups excluding carboxylic acids is 3. The average molecular weight is 567 g/mol. The van der Waals surface area contributed by atoms with E-state index in [0.29, 0.717) is 0 Å². The highest BCUT2D eigenvalue weighted by atomic mass is 32.2. The zero-order valence-corrected chi connectivity index (χ0v) is 23.2. The number of ether oxygens (including phenoxy) is 3. The Bertz CT molecular complexity index is 1080. The number of phosphoric ester groups is 1. The van der Waals surface area contributed by atoms with Gasteiger partial charge < -0.3 is 14.2 Å². The molecule has 0 saturated carbocycles. The summed E-state index contributed by atoms with van der Waals surface area (Å²) >= 11 is 1.09. The SMILES string of the molecule is CC(=O)O[C@@H]1[C@H](OC(C)=O)[C@H](C)S[C@@H](OP(=O)(OCc2ccccc2)OCc2ccccc2)[C@H]1OC(C)=O. The summed E-state index contributed by atoms with van der Waals surface area (Å²) in [4.78, 5) is 35.7. The standard InChI is InChI=1S/C26H31O10PS/c1-17-23(33-18(2)27)24(34-19(3)28)25(35-20(4)29)26(38-17)36-37(30,31-15-21-11-7-5-8-12-21)32-16-22-13-9-6-10-14-22/h5-14,17,23-26H,15-16H2,1-4H3/t17-,23+,24+,25-,26+/m0/s1. The van der Waals surface area contributed by atoms with Crippen molar-refractivity contribution in [3.05, 3.63) is 71.8 Å². The van der Waals surface area contributed by atoms with Crippen LogP contribution in [0.4, 0.5) is 0 Å². The number of carbonyl (C=O) groups is 3. The Morgan fingerprint density at radius 3 is 1.58 bits per heavy atom. The fourth-order valence-corrected chi connectivity index (χ4v) is 6.59. The summed E-state index contributed by atoms with van der Waals surface area (Å²) in [7, 11) is -4.29. The Labute approximate surface area is 225 Å². The Morgan fingerprint density at radius 2 is 1.13 bits per heavy atom. The van der Waals surface area contributed by atoms with Gasteiger partial charge in [0.2, 0.25) is 0 Å². The van der Waals surface area contributed by atoms with Crippen LogP contribution in [0.15, 0.2) is 60.7 Å². The molecular formula is C26H31O10PS. The van der Waals surface area contributed by atoms with E-state index in [9.17, 15) is 18.9 Å². The Balaban J connectivity index is 1.90. The molecule has 3 rings (SSSR count). The van der Waals surface area contributed by atoms with Crippen molar-refractivity contribution < 1.29 is 46.7 Å². The Kier molecular flexibility index (Phi) is 10.9. The van der Waals surface area contributed by atoms with Gasteiger partial charge in [-0.2, -0.15) is 0 Å². The minimum Gasteiger partial charge on any atom is -0.457 e. The molecule has 10 nitrogen and oxygen atoms in total. The predicted molar refractivity (Wildman–Crippen MR) is 139 cm³/mol. The van der Waals surface area contributed by atoms with E-state index < -0.39 is 54.7 Å². The van der Waals surface area contributed by atoms with Crippen molar-refractivity contribution in [1.29, 1.82) is 0 Å². The van der Waals surface area contributed by atoms with Crippen LogP contribution in [0.2, 0.25) is 0 Å². The summed E-state index contributed by atoms with van der Waals surface area (Å²) in [5.74, 6) is -2.00. The van der Waals surface area contributed by atoms with Crippen molar-refractivity contribution >= 4 is 37.5 Å². The molecule has 38 heavy (non-hydrogen) atoms. The molecule has 12 heteroatoms. The van der Waals surface area contributed by atoms with Gasteiger partial charge in [0.1, 0.15) is 0 Å². The third kappa shape index (κ3) is 8.96. The molecule has 2 aromatic carbocycles. The highest BCUT2D eigenvalue weighted by Gasteiger charge is 2.52. The van der Waals surface area contributed by atoms with Crippen LogP contribution in [0.1, 0.15) is 38.8 Å². The number of thioether (sulfide) groups is 1. The molecule has 0 aliphatic carbocycles. The Hall–Kier alpha value is -2.69. The van der Waals surface area contributed by atoms with E-state index in [-0.39, 0.29) is 13.2 Å². The lowest BCUT2D eigenvalue weighted by molar-refractivity contribution is -0.189. The molecule has 1 saturated heterocycles. The van der Waals surface area contributed by atoms with Crippen LogP contribution in [-0.2, 0) is 59.9 Å². The maximum absolute atomic E-state index is 13.9. The largest absolute Gasteiger partial charge is 0.476 e. The number of esters is 3. The van der Waals surface area contributed by atoms with Gasteiger partial charge in [0, 0.05) is 26.0 Å². The van der Waals surface area contributed by atoms with E-state index in [1.807, 2.05) is 36.4 Å². The highest BCUT2D eigenvalue weighted by molar-refractivity contribution is 8.00. The molecule has 0 amide bonds. The third-order valence-electron chi connectivity index (χ3n) is 5.33. The zero-order valence-electron chi connectivity index (χ0n) is 21.5. The smallest absolute Gasteiger partial charge is 0.457 e. The van der Waals surface area contributed by atoms with Crippen molar-refractivity contribution in [3.63, 3.8) is 0 Å². The van der Waals surface area contributed by atoms with E-state index in [2.05, 4.69) is 0 Å². The van der Waals surface area contributed by atoms with Crippen LogP contribution >= 0.6 is 19.6 Å². The van der Waals surface area contributed by atoms with Crippen molar-refractivity contribution in [3.8, 4) is 0 Å². The van der Waals surface area contributed by atoms with Crippen molar-refractivity contribution in [2.45, 2.75) is 69.9 Å². The van der Waals surface area contributed by atoms with Crippen molar-refractivity contribution in [1.82, 2.24) is 0 Å². The number of hydrogen-bond acceptors (Lipinski definition) is 11. The minimum atomic E-state index is -4.29. The van der Waals surface area contributed by atoms with Gasteiger partial charge in [-0.25, -0.2) is 4.57 Å². The highest BCUT2D eigenvalue weighted by Crippen LogP contribution is 2.55. The average Bonchev–Trinajstić information content (AvgIpc) is 2.87. The van der Waals surface area contributed by atoms with Crippen molar-refractivity contribution in [2.24, 2.45) is 0 Å². The molecule has 0 unspecified atom stereocenters. The number of rotatable bonds is 11. The van der Waals surface area contributed by atoms with Gasteiger partial charge in [0.25, 0.3) is 0 Å². The molecule has 206 valence electrons. The summed E-state index contributed by atoms with van der Waals surface area (Å²) in [5.41, 5.74) is 0.310. The lowest BCUT2D eigenvalue weighted by Gasteiger charge is -2.43. The summed E-state index contributed by atoms with van der Waals surface area (Å²) in [6, 6.07) is 18.1. The van der Waals surface area contributed by atoms with E-state index in [4.69, 9.17) is 27.8 Å². The van der Waals surface area contributed by atoms with Crippen LogP contribution < -0.4 is 0 Å². The molecule has 2 aromatic rings. The molecule has 0 bridgehead atoms. The molecule has 0 radical (unpaired) electrons. The fraction of sp³-hybridized carbons (Fsp3) is 0.423. The first-order valence-corrected chi connectivity index (χ1v) is 14.3. The van der Waals surface area contributed by atoms with Crippen molar-refractivity contribution in [2.75, 3.05) is 0 Å². The first-order valence-electron chi connectivity index (χ1n) is 11.9. The molecule has 5 atom stereocenters. The second-order valence-electron chi connectivity index (χ2n) is 8.50. The van der Waals surface area contributed by atoms with E-state index in [1.165, 1.54) is 20.8 Å². The quantitative estimate of drug-likeness (QED) is 0.212. The molecule has 1 aliphatic rings. The predicted octanol–water partition coefficient (Wildman–Crippen LogP) is 4.80. The van der Waals surface area contributed by atoms with Gasteiger partial charge in [-0.1, -0.05) is 60.7 Å². The maximum Gasteiger partial charge on any atom is 0.476 e. The third-order valence-corrected chi connectivity index (χ3v) is 8.18. The molecule has 1 heterocycles. The van der Waals surface area contributed by atoms with Gasteiger partial charge in [0.15, 0.2) is 23.7 Å². The van der Waals surface area contributed by atoms with Crippen LogP contribution in [-0.4, -0.2) is 46.9 Å². The second-order valence-corrected chi connectivity index (χ2v) is 11.6. The Morgan fingerprint density at radius 1 is 0.711 bits per heavy atom. The van der Waals surface area contributed by atoms with Gasteiger partial charge in [-0.05, 0) is 18.1 Å². The molecular weight excluding hydrogens is 535 g/mol. The molecule has 0 aromatic heterocycles. The molecule has 1 aliphatic heterocycles. The van der Waals surface area contributed by atoms with Gasteiger partial charge >= 0.3 is 25.7 Å². The lowest BCUT2D eigenvalue weighted by Crippen LogP contribution is -2.57. The van der Waals surface area contributed by atoms with Gasteiger partial charge in [-0.15, -0.1) is 11.8 Å². The van der Waals surface area contributed by atoms with Crippen LogP contribution in [0.25, 0.3) is 0 Å². The first-order chi connectivity index (χ1) is 18.1. The summed E-state index contributed by atoms with van der Waals surface area (Å²) in [6.07, 6.45) is -3.46. The monoisotopic (exact) mass is 566 g/mol. The molecule has 1 fully saturated rings. The second kappa shape index (κ2) is 13.9.